The number of fused-ring (bicyclic) bond motifs is 11. The summed E-state index contributed by atoms with van der Waals surface area (Å²) in [5, 5.41) is 5.89. The molecule has 8 rings (SSSR count). The first-order valence-corrected chi connectivity index (χ1v) is 12.1. The molecule has 5 heterocycles. The van der Waals surface area contributed by atoms with Crippen molar-refractivity contribution in [2.75, 3.05) is 0 Å². The Morgan fingerprint density at radius 1 is 0.611 bits per heavy atom. The van der Waals surface area contributed by atoms with Gasteiger partial charge in [-0.3, -0.25) is 4.40 Å². The number of benzene rings is 3. The van der Waals surface area contributed by atoms with Crippen molar-refractivity contribution in [3.8, 4) is 11.1 Å². The normalized spacial score (nSPS) is 12.2. The van der Waals surface area contributed by atoms with Gasteiger partial charge in [0.15, 0.2) is 5.65 Å². The van der Waals surface area contributed by atoms with E-state index in [0.29, 0.717) is 0 Å². The third-order valence-corrected chi connectivity index (χ3v) is 7.47. The number of rotatable bonds is 1. The first-order valence-electron chi connectivity index (χ1n) is 12.1. The van der Waals surface area contributed by atoms with Crippen LogP contribution >= 0.6 is 0 Å². The van der Waals surface area contributed by atoms with Crippen molar-refractivity contribution in [1.29, 1.82) is 0 Å². The second-order valence-corrected chi connectivity index (χ2v) is 9.59. The molecule has 5 aromatic heterocycles. The Labute approximate surface area is 206 Å². The zero-order chi connectivity index (χ0) is 24.0. The van der Waals surface area contributed by atoms with Gasteiger partial charge in [-0.25, -0.2) is 15.0 Å². The van der Waals surface area contributed by atoms with Crippen LogP contribution < -0.4 is 0 Å². The van der Waals surface area contributed by atoms with E-state index in [0.717, 1.165) is 44.1 Å². The highest BCUT2D eigenvalue weighted by atomic mass is 15.1. The lowest BCUT2D eigenvalue weighted by Gasteiger charge is -2.14. The average molecular weight is 464 g/mol. The maximum atomic E-state index is 4.93. The van der Waals surface area contributed by atoms with Crippen LogP contribution in [0.1, 0.15) is 11.1 Å². The van der Waals surface area contributed by atoms with Crippen LogP contribution in [0.15, 0.2) is 85.2 Å². The molecule has 36 heavy (non-hydrogen) atoms. The predicted molar refractivity (Wildman–Crippen MR) is 148 cm³/mol. The fourth-order valence-corrected chi connectivity index (χ4v) is 5.80. The second kappa shape index (κ2) is 6.89. The smallest absolute Gasteiger partial charge is 0.178 e. The topological polar surface area (TPSA) is 58.9 Å². The number of nitrogens with one attached hydrogen (secondary N) is 1. The molecule has 0 saturated carbocycles. The Morgan fingerprint density at radius 3 is 2.28 bits per heavy atom. The van der Waals surface area contributed by atoms with E-state index < -0.39 is 0 Å². The van der Waals surface area contributed by atoms with Crippen molar-refractivity contribution < 1.29 is 0 Å². The molecule has 0 radical (unpaired) electrons. The van der Waals surface area contributed by atoms with Crippen molar-refractivity contribution in [3.05, 3.63) is 96.3 Å². The predicted octanol–water partition coefficient (Wildman–Crippen LogP) is 7.50. The molecule has 0 aliphatic heterocycles. The van der Waals surface area contributed by atoms with Gasteiger partial charge in [0.25, 0.3) is 0 Å². The number of imidazole rings is 1. The average Bonchev–Trinajstić information content (AvgIpc) is 3.47. The zero-order valence-corrected chi connectivity index (χ0v) is 19.9. The lowest BCUT2D eigenvalue weighted by Crippen LogP contribution is -1.96. The second-order valence-electron chi connectivity index (χ2n) is 9.59. The van der Waals surface area contributed by atoms with E-state index in [2.05, 4.69) is 88.9 Å². The Bertz CT molecular complexity index is 2180. The van der Waals surface area contributed by atoms with E-state index in [9.17, 15) is 0 Å². The number of aromatic amines is 1. The molecule has 0 spiro atoms. The Balaban J connectivity index is 1.49. The van der Waals surface area contributed by atoms with Crippen LogP contribution in [0.25, 0.3) is 71.5 Å². The molecule has 0 aliphatic carbocycles. The van der Waals surface area contributed by atoms with Gasteiger partial charge in [0.1, 0.15) is 11.3 Å². The minimum Gasteiger partial charge on any atom is -0.354 e. The Morgan fingerprint density at radius 2 is 1.36 bits per heavy atom. The number of nitrogens with zero attached hydrogens (tertiary/aromatic N) is 4. The molecule has 3 aromatic carbocycles. The summed E-state index contributed by atoms with van der Waals surface area (Å²) in [7, 11) is 0. The molecule has 0 unspecified atom stereocenters. The summed E-state index contributed by atoms with van der Waals surface area (Å²) in [5.41, 5.74) is 10.8. The Hall–Kier alpha value is -4.77. The quantitative estimate of drug-likeness (QED) is 0.256. The van der Waals surface area contributed by atoms with Gasteiger partial charge in [-0.15, -0.1) is 0 Å². The Kier molecular flexibility index (Phi) is 3.74. The van der Waals surface area contributed by atoms with Crippen LogP contribution in [-0.4, -0.2) is 24.3 Å². The van der Waals surface area contributed by atoms with Crippen molar-refractivity contribution in [2.24, 2.45) is 0 Å². The number of H-pyrrole nitrogens is 1. The fraction of sp³-hybridized carbons (Fsp3) is 0.0645. The van der Waals surface area contributed by atoms with Gasteiger partial charge in [0, 0.05) is 45.0 Å². The van der Waals surface area contributed by atoms with Crippen LogP contribution in [0, 0.1) is 13.8 Å². The SMILES string of the molecule is Cc1cc2c(cc1-c1cc3c4cccnc4n4c5cccnc5nc4c3cc1C)[nH]c1ccccc12. The molecule has 0 amide bonds. The summed E-state index contributed by atoms with van der Waals surface area (Å²) in [6.45, 7) is 4.39. The highest BCUT2D eigenvalue weighted by Gasteiger charge is 2.18. The molecule has 0 aliphatic rings. The standard InChI is InChI=1S/C31H21N5/c1-17-13-24-19-7-3-4-9-26(19)34-27(24)16-22(17)21-15-23-20-8-5-12-33-30(20)36-28-10-6-11-32-29(28)35-31(36)25(23)14-18(21)2/h3-16,34H,1-2H3. The van der Waals surface area contributed by atoms with Gasteiger partial charge >= 0.3 is 0 Å². The molecular weight excluding hydrogens is 442 g/mol. The van der Waals surface area contributed by atoms with Crippen molar-refractivity contribution >= 4 is 60.4 Å². The number of hydrogen-bond acceptors (Lipinski definition) is 3. The summed E-state index contributed by atoms with van der Waals surface area (Å²) in [4.78, 5) is 17.8. The maximum Gasteiger partial charge on any atom is 0.178 e. The van der Waals surface area contributed by atoms with Gasteiger partial charge in [-0.05, 0) is 96.1 Å². The van der Waals surface area contributed by atoms with Gasteiger partial charge in [0.2, 0.25) is 0 Å². The minimum atomic E-state index is 0.735. The molecule has 8 aromatic rings. The third kappa shape index (κ3) is 2.52. The molecule has 0 fully saturated rings. The largest absolute Gasteiger partial charge is 0.354 e. The molecule has 0 saturated heterocycles. The number of pyridine rings is 3. The van der Waals surface area contributed by atoms with Crippen molar-refractivity contribution in [1.82, 2.24) is 24.3 Å². The van der Waals surface area contributed by atoms with E-state index in [-0.39, 0.29) is 0 Å². The highest BCUT2D eigenvalue weighted by molar-refractivity contribution is 6.14. The number of hydrogen-bond donors (Lipinski definition) is 1. The van der Waals surface area contributed by atoms with Gasteiger partial charge < -0.3 is 4.98 Å². The third-order valence-electron chi connectivity index (χ3n) is 7.47. The molecule has 5 nitrogen and oxygen atoms in total. The van der Waals surface area contributed by atoms with E-state index in [4.69, 9.17) is 9.97 Å². The summed E-state index contributed by atoms with van der Waals surface area (Å²) < 4.78 is 2.14. The highest BCUT2D eigenvalue weighted by Crippen LogP contribution is 2.38. The minimum absolute atomic E-state index is 0.735. The number of aryl methyl sites for hydroxylation is 2. The van der Waals surface area contributed by atoms with E-state index in [1.807, 2.05) is 18.3 Å². The van der Waals surface area contributed by atoms with Gasteiger partial charge in [-0.2, -0.15) is 0 Å². The summed E-state index contributed by atoms with van der Waals surface area (Å²) in [6.07, 6.45) is 3.64. The first kappa shape index (κ1) is 19.5. The lowest BCUT2D eigenvalue weighted by atomic mass is 9.92. The van der Waals surface area contributed by atoms with Crippen LogP contribution in [0.3, 0.4) is 0 Å². The van der Waals surface area contributed by atoms with Crippen molar-refractivity contribution in [3.63, 3.8) is 0 Å². The zero-order valence-electron chi connectivity index (χ0n) is 19.9. The summed E-state index contributed by atoms with van der Waals surface area (Å²) >= 11 is 0. The molecule has 1 N–H and O–H groups in total. The van der Waals surface area contributed by atoms with Crippen LogP contribution in [0.2, 0.25) is 0 Å². The van der Waals surface area contributed by atoms with Gasteiger partial charge in [0.05, 0.1) is 5.52 Å². The number of aromatic nitrogens is 5. The summed E-state index contributed by atoms with van der Waals surface area (Å²) in [5.74, 6) is 0. The number of para-hydroxylation sites is 1. The molecule has 170 valence electrons. The van der Waals surface area contributed by atoms with Crippen LogP contribution in [0.4, 0.5) is 0 Å². The molecular formula is C31H21N5. The molecule has 5 heteroatoms. The molecule has 0 atom stereocenters. The fourth-order valence-electron chi connectivity index (χ4n) is 5.80. The van der Waals surface area contributed by atoms with E-state index in [1.165, 1.54) is 38.5 Å². The lowest BCUT2D eigenvalue weighted by molar-refractivity contribution is 1.23. The van der Waals surface area contributed by atoms with E-state index in [1.54, 1.807) is 6.20 Å². The summed E-state index contributed by atoms with van der Waals surface area (Å²) in [6, 6.07) is 25.9. The van der Waals surface area contributed by atoms with Crippen LogP contribution in [-0.2, 0) is 0 Å². The molecule has 0 bridgehead atoms. The van der Waals surface area contributed by atoms with Gasteiger partial charge in [-0.1, -0.05) is 18.2 Å². The van der Waals surface area contributed by atoms with Crippen LogP contribution in [0.5, 0.6) is 0 Å². The van der Waals surface area contributed by atoms with E-state index >= 15 is 0 Å². The first-order chi connectivity index (χ1) is 17.7. The monoisotopic (exact) mass is 463 g/mol. The van der Waals surface area contributed by atoms with Crippen molar-refractivity contribution in [2.45, 2.75) is 13.8 Å². The maximum absolute atomic E-state index is 4.93.